The maximum atomic E-state index is 14.3. The molecule has 6 nitrogen and oxygen atoms in total. The van der Waals surface area contributed by atoms with Crippen molar-refractivity contribution in [1.82, 2.24) is 19.9 Å². The molecular weight excluding hydrogens is 378 g/mol. The molecule has 1 N–H and O–H groups in total. The Balaban J connectivity index is 1.63. The normalized spacial score (nSPS) is 13.6. The zero-order chi connectivity index (χ0) is 20.5. The first kappa shape index (κ1) is 18.7. The van der Waals surface area contributed by atoms with Crippen molar-refractivity contribution in [3.8, 4) is 0 Å². The zero-order valence-corrected chi connectivity index (χ0v) is 15.4. The number of aryl methyl sites for hydroxylation is 1. The first-order valence-corrected chi connectivity index (χ1v) is 8.87. The van der Waals surface area contributed by atoms with E-state index in [4.69, 9.17) is 0 Å². The van der Waals surface area contributed by atoms with E-state index in [2.05, 4.69) is 15.0 Å². The number of pyridine rings is 1. The van der Waals surface area contributed by atoms with Crippen LogP contribution in [0.2, 0.25) is 0 Å². The molecule has 146 valence electrons. The molecule has 3 heterocycles. The second-order valence-corrected chi connectivity index (χ2v) is 6.70. The third-order valence-corrected chi connectivity index (χ3v) is 4.93. The molecule has 0 fully saturated rings. The summed E-state index contributed by atoms with van der Waals surface area (Å²) in [5.41, 5.74) is 1.69. The van der Waals surface area contributed by atoms with Crippen LogP contribution in [0, 0.1) is 18.6 Å². The number of nitrogens with one attached hydrogen (secondary N) is 1. The summed E-state index contributed by atoms with van der Waals surface area (Å²) >= 11 is 0. The van der Waals surface area contributed by atoms with Gasteiger partial charge in [0.25, 0.3) is 5.56 Å². The number of aromatic amines is 1. The zero-order valence-electron chi connectivity index (χ0n) is 15.4. The maximum absolute atomic E-state index is 14.3. The summed E-state index contributed by atoms with van der Waals surface area (Å²) in [6.07, 6.45) is 9.66. The molecule has 4 rings (SSSR count). The molecule has 0 saturated heterocycles. The van der Waals surface area contributed by atoms with Gasteiger partial charge in [0, 0.05) is 35.1 Å². The second kappa shape index (κ2) is 7.38. The number of hydrogen-bond donors (Lipinski definition) is 1. The summed E-state index contributed by atoms with van der Waals surface area (Å²) in [6, 6.07) is 2.26. The average Bonchev–Trinajstić information content (AvgIpc) is 2.74. The van der Waals surface area contributed by atoms with Crippen LogP contribution < -0.4 is 5.56 Å². The summed E-state index contributed by atoms with van der Waals surface area (Å²) in [6.45, 7) is 1.80. The lowest BCUT2D eigenvalue weighted by Crippen LogP contribution is -2.32. The highest BCUT2D eigenvalue weighted by Crippen LogP contribution is 2.24. The van der Waals surface area contributed by atoms with E-state index in [1.165, 1.54) is 24.2 Å². The molecule has 2 aromatic heterocycles. The Morgan fingerprint density at radius 2 is 2.00 bits per heavy atom. The Labute approximate surface area is 164 Å². The lowest BCUT2D eigenvalue weighted by atomic mass is 10.0. The van der Waals surface area contributed by atoms with Gasteiger partial charge in [0.05, 0.1) is 18.5 Å². The van der Waals surface area contributed by atoms with Crippen molar-refractivity contribution in [2.75, 3.05) is 6.54 Å². The third-order valence-electron chi connectivity index (χ3n) is 4.93. The van der Waals surface area contributed by atoms with Gasteiger partial charge in [0.15, 0.2) is 11.6 Å². The number of carbonyl (C=O) groups is 1. The summed E-state index contributed by atoms with van der Waals surface area (Å²) in [5.74, 6) is -2.39. The van der Waals surface area contributed by atoms with Crippen molar-refractivity contribution in [3.63, 3.8) is 0 Å². The van der Waals surface area contributed by atoms with Gasteiger partial charge in [-0.2, -0.15) is 0 Å². The summed E-state index contributed by atoms with van der Waals surface area (Å²) in [5, 5.41) is -0.0244. The molecule has 1 aliphatic heterocycles. The molecule has 8 heteroatoms. The second-order valence-electron chi connectivity index (χ2n) is 6.70. The number of amides is 1. The van der Waals surface area contributed by atoms with Gasteiger partial charge in [-0.15, -0.1) is 0 Å². The molecule has 0 aliphatic carbocycles. The fourth-order valence-corrected chi connectivity index (χ4v) is 3.38. The molecule has 0 unspecified atom stereocenters. The summed E-state index contributed by atoms with van der Waals surface area (Å²) < 4.78 is 27.9. The van der Waals surface area contributed by atoms with Gasteiger partial charge in [-0.05, 0) is 36.3 Å². The first-order chi connectivity index (χ1) is 14.0. The van der Waals surface area contributed by atoms with Crippen molar-refractivity contribution >= 4 is 22.4 Å². The topological polar surface area (TPSA) is 79.0 Å². The van der Waals surface area contributed by atoms with Gasteiger partial charge in [-0.1, -0.05) is 6.08 Å². The standard InChI is InChI=1S/C21H16F2N4O2/c1-12-15(21(29)26-17-5-4-16(22)20(23)19(12)17)7-18(28)27-6-2-3-13(10-27)14-8-24-11-25-9-14/h2-6,8-9,11H,7,10H2,1H3,(H,26,29). The number of fused-ring (bicyclic) bond motifs is 1. The van der Waals surface area contributed by atoms with E-state index in [0.717, 1.165) is 17.2 Å². The first-order valence-electron chi connectivity index (χ1n) is 8.87. The van der Waals surface area contributed by atoms with E-state index in [9.17, 15) is 18.4 Å². The maximum Gasteiger partial charge on any atom is 0.252 e. The van der Waals surface area contributed by atoms with Crippen LogP contribution in [0.1, 0.15) is 16.7 Å². The number of allylic oxidation sites excluding steroid dienone is 2. The van der Waals surface area contributed by atoms with Gasteiger partial charge in [-0.25, -0.2) is 18.7 Å². The minimum atomic E-state index is -1.04. The number of carbonyl (C=O) groups excluding carboxylic acids is 1. The van der Waals surface area contributed by atoms with Gasteiger partial charge < -0.3 is 9.88 Å². The monoisotopic (exact) mass is 394 g/mol. The SMILES string of the molecule is Cc1c(CC(=O)N2C=CC=C(c3cncnc3)C2)c(=O)[nH]c2ccc(F)c(F)c12. The van der Waals surface area contributed by atoms with Crippen molar-refractivity contribution in [1.29, 1.82) is 0 Å². The molecule has 1 aliphatic rings. The van der Waals surface area contributed by atoms with E-state index < -0.39 is 17.2 Å². The molecule has 0 radical (unpaired) electrons. The molecule has 1 amide bonds. The van der Waals surface area contributed by atoms with Crippen molar-refractivity contribution in [2.24, 2.45) is 0 Å². The summed E-state index contributed by atoms with van der Waals surface area (Å²) in [7, 11) is 0. The van der Waals surface area contributed by atoms with Gasteiger partial charge in [0.2, 0.25) is 5.91 Å². The van der Waals surface area contributed by atoms with E-state index in [1.54, 1.807) is 24.7 Å². The van der Waals surface area contributed by atoms with Crippen LogP contribution >= 0.6 is 0 Å². The molecule has 0 atom stereocenters. The van der Waals surface area contributed by atoms with Crippen molar-refractivity contribution in [2.45, 2.75) is 13.3 Å². The van der Waals surface area contributed by atoms with Gasteiger partial charge in [0.1, 0.15) is 6.33 Å². The van der Waals surface area contributed by atoms with Crippen LogP contribution in [-0.4, -0.2) is 32.3 Å². The van der Waals surface area contributed by atoms with Crippen LogP contribution in [0.4, 0.5) is 8.78 Å². The minimum Gasteiger partial charge on any atom is -0.322 e. The Hall–Kier alpha value is -3.68. The number of hydrogen-bond acceptors (Lipinski definition) is 4. The molecular formula is C21H16F2N4O2. The highest BCUT2D eigenvalue weighted by Gasteiger charge is 2.21. The van der Waals surface area contributed by atoms with E-state index in [0.29, 0.717) is 0 Å². The van der Waals surface area contributed by atoms with Crippen LogP contribution in [0.15, 0.2) is 54.0 Å². The molecule has 0 saturated carbocycles. The Bertz CT molecular complexity index is 1230. The number of nitrogens with zero attached hydrogens (tertiary/aromatic N) is 3. The van der Waals surface area contributed by atoms with E-state index in [1.807, 2.05) is 6.08 Å². The molecule has 3 aromatic rings. The predicted octanol–water partition coefficient (Wildman–Crippen LogP) is 2.89. The Kier molecular flexibility index (Phi) is 4.75. The highest BCUT2D eigenvalue weighted by atomic mass is 19.2. The smallest absolute Gasteiger partial charge is 0.252 e. The number of benzene rings is 1. The minimum absolute atomic E-state index is 0.0244. The van der Waals surface area contributed by atoms with Crippen LogP contribution in [0.3, 0.4) is 0 Å². The molecule has 0 spiro atoms. The lowest BCUT2D eigenvalue weighted by Gasteiger charge is -2.23. The van der Waals surface area contributed by atoms with Crippen LogP contribution in [-0.2, 0) is 11.2 Å². The fourth-order valence-electron chi connectivity index (χ4n) is 3.38. The number of rotatable bonds is 3. The van der Waals surface area contributed by atoms with Gasteiger partial charge >= 0.3 is 0 Å². The third kappa shape index (κ3) is 3.44. The largest absolute Gasteiger partial charge is 0.322 e. The van der Waals surface area contributed by atoms with Crippen molar-refractivity contribution in [3.05, 3.63) is 87.9 Å². The van der Waals surface area contributed by atoms with E-state index in [-0.39, 0.29) is 40.9 Å². The average molecular weight is 394 g/mol. The lowest BCUT2D eigenvalue weighted by molar-refractivity contribution is -0.127. The highest BCUT2D eigenvalue weighted by molar-refractivity contribution is 5.87. The Morgan fingerprint density at radius 1 is 1.24 bits per heavy atom. The number of aromatic nitrogens is 3. The fraction of sp³-hybridized carbons (Fsp3) is 0.143. The quantitative estimate of drug-likeness (QED) is 0.741. The molecule has 1 aromatic carbocycles. The molecule has 29 heavy (non-hydrogen) atoms. The van der Waals surface area contributed by atoms with Crippen LogP contribution in [0.5, 0.6) is 0 Å². The predicted molar refractivity (Wildman–Crippen MR) is 104 cm³/mol. The summed E-state index contributed by atoms with van der Waals surface area (Å²) in [4.78, 5) is 37.2. The van der Waals surface area contributed by atoms with Crippen molar-refractivity contribution < 1.29 is 13.6 Å². The van der Waals surface area contributed by atoms with Gasteiger partial charge in [-0.3, -0.25) is 9.59 Å². The number of H-pyrrole nitrogens is 1. The molecule has 0 bridgehead atoms. The Morgan fingerprint density at radius 3 is 2.76 bits per heavy atom. The number of halogens is 2. The van der Waals surface area contributed by atoms with E-state index >= 15 is 0 Å². The van der Waals surface area contributed by atoms with Crippen LogP contribution in [0.25, 0.3) is 16.5 Å².